The first kappa shape index (κ1) is 17.4. The van der Waals surface area contributed by atoms with Crippen LogP contribution >= 0.6 is 0 Å². The normalized spacial score (nSPS) is 15.8. The van der Waals surface area contributed by atoms with E-state index in [1.54, 1.807) is 24.3 Å². The van der Waals surface area contributed by atoms with Gasteiger partial charge < -0.3 is 24.8 Å². The van der Waals surface area contributed by atoms with E-state index in [9.17, 15) is 14.9 Å². The third kappa shape index (κ3) is 2.97. The molecule has 0 aliphatic carbocycles. The first-order valence-electron chi connectivity index (χ1n) is 8.32. The summed E-state index contributed by atoms with van der Waals surface area (Å²) in [5.41, 5.74) is 0.891. The predicted molar refractivity (Wildman–Crippen MR) is 98.0 cm³/mol. The maximum absolute atomic E-state index is 12.6. The summed E-state index contributed by atoms with van der Waals surface area (Å²) in [7, 11) is 1.47. The van der Waals surface area contributed by atoms with E-state index >= 15 is 0 Å². The average Bonchev–Trinajstić information content (AvgIpc) is 3.02. The summed E-state index contributed by atoms with van der Waals surface area (Å²) >= 11 is 0. The summed E-state index contributed by atoms with van der Waals surface area (Å²) in [5, 5.41) is 14.8. The van der Waals surface area contributed by atoms with E-state index in [4.69, 9.17) is 14.2 Å². The first-order valence-corrected chi connectivity index (χ1v) is 8.32. The zero-order valence-electron chi connectivity index (χ0n) is 14.7. The molecule has 4 rings (SSSR count). The standard InChI is InChI=1S/C19H14N4O5/c1-26-16-3-2-10(9-21-16)22-18(24)12(8-20)17-11-6-14-15(28-5-4-27-14)7-13(11)23-19(17)25/h2-3,6-7,9H,4-5H2,1H3,(H,22,24)(H,23,25)/b17-12-. The van der Waals surface area contributed by atoms with Crippen LogP contribution in [-0.2, 0) is 9.59 Å². The molecule has 0 saturated carbocycles. The fourth-order valence-electron chi connectivity index (χ4n) is 2.94. The number of fused-ring (bicyclic) bond motifs is 2. The summed E-state index contributed by atoms with van der Waals surface area (Å²) in [4.78, 5) is 29.1. The maximum Gasteiger partial charge on any atom is 0.267 e. The Balaban J connectivity index is 1.71. The van der Waals surface area contributed by atoms with Gasteiger partial charge in [-0.15, -0.1) is 0 Å². The number of rotatable bonds is 3. The van der Waals surface area contributed by atoms with Crippen LogP contribution in [0.3, 0.4) is 0 Å². The van der Waals surface area contributed by atoms with Crippen LogP contribution in [-0.4, -0.2) is 37.1 Å². The molecule has 140 valence electrons. The lowest BCUT2D eigenvalue weighted by atomic mass is 10.0. The van der Waals surface area contributed by atoms with Gasteiger partial charge in [0.05, 0.1) is 30.3 Å². The number of hydrogen-bond acceptors (Lipinski definition) is 7. The molecule has 2 N–H and O–H groups in total. The molecule has 0 radical (unpaired) electrons. The molecule has 1 aromatic carbocycles. The third-order valence-corrected chi connectivity index (χ3v) is 4.22. The molecule has 28 heavy (non-hydrogen) atoms. The van der Waals surface area contributed by atoms with Crippen LogP contribution in [0, 0.1) is 11.3 Å². The van der Waals surface area contributed by atoms with Crippen LogP contribution < -0.4 is 24.8 Å². The number of hydrogen-bond donors (Lipinski definition) is 2. The number of carbonyl (C=O) groups is 2. The Morgan fingerprint density at radius 1 is 1.29 bits per heavy atom. The Bertz CT molecular complexity index is 1050. The molecule has 1 aromatic heterocycles. The maximum atomic E-state index is 12.6. The second-order valence-corrected chi connectivity index (χ2v) is 5.90. The fourth-order valence-corrected chi connectivity index (χ4v) is 2.94. The number of nitrogens with one attached hydrogen (secondary N) is 2. The largest absolute Gasteiger partial charge is 0.486 e. The van der Waals surface area contributed by atoms with E-state index in [0.29, 0.717) is 47.5 Å². The highest BCUT2D eigenvalue weighted by atomic mass is 16.6. The molecule has 0 fully saturated rings. The van der Waals surface area contributed by atoms with Crippen LogP contribution in [0.15, 0.2) is 36.0 Å². The van der Waals surface area contributed by atoms with E-state index in [1.807, 2.05) is 6.07 Å². The van der Waals surface area contributed by atoms with Crippen LogP contribution in [0.5, 0.6) is 17.4 Å². The van der Waals surface area contributed by atoms with Crippen LogP contribution in [0.1, 0.15) is 5.56 Å². The number of methoxy groups -OCH3 is 1. The van der Waals surface area contributed by atoms with Crippen molar-refractivity contribution in [2.75, 3.05) is 31.0 Å². The molecule has 2 amide bonds. The Labute approximate surface area is 159 Å². The predicted octanol–water partition coefficient (Wildman–Crippen LogP) is 1.73. The molecular formula is C19H14N4O5. The molecule has 9 heteroatoms. The highest BCUT2D eigenvalue weighted by Gasteiger charge is 2.32. The lowest BCUT2D eigenvalue weighted by molar-refractivity contribution is -0.113. The number of nitrogens with zero attached hydrogens (tertiary/aromatic N) is 2. The van der Waals surface area contributed by atoms with Crippen molar-refractivity contribution < 1.29 is 23.8 Å². The van der Waals surface area contributed by atoms with Crippen LogP contribution in [0.2, 0.25) is 0 Å². The molecule has 3 heterocycles. The summed E-state index contributed by atoms with van der Waals surface area (Å²) in [5.74, 6) is 0.0714. The van der Waals surface area contributed by atoms with Crippen molar-refractivity contribution in [3.8, 4) is 23.4 Å². The van der Waals surface area contributed by atoms with E-state index in [0.717, 1.165) is 0 Å². The number of carbonyl (C=O) groups excluding carboxylic acids is 2. The van der Waals surface area contributed by atoms with Gasteiger partial charge in [-0.3, -0.25) is 9.59 Å². The van der Waals surface area contributed by atoms with Crippen molar-refractivity contribution in [3.05, 3.63) is 41.6 Å². The minimum Gasteiger partial charge on any atom is -0.486 e. The van der Waals surface area contributed by atoms with Gasteiger partial charge >= 0.3 is 0 Å². The molecule has 0 saturated heterocycles. The van der Waals surface area contributed by atoms with Crippen molar-refractivity contribution >= 4 is 28.8 Å². The molecule has 9 nitrogen and oxygen atoms in total. The van der Waals surface area contributed by atoms with E-state index in [2.05, 4.69) is 15.6 Å². The molecule has 0 atom stereocenters. The second kappa shape index (κ2) is 6.92. The van der Waals surface area contributed by atoms with Gasteiger partial charge in [0.2, 0.25) is 5.88 Å². The number of pyridine rings is 1. The van der Waals surface area contributed by atoms with Gasteiger partial charge in [0.1, 0.15) is 24.9 Å². The lowest BCUT2D eigenvalue weighted by Crippen LogP contribution is -2.17. The molecule has 2 aromatic rings. The van der Waals surface area contributed by atoms with Crippen molar-refractivity contribution in [3.63, 3.8) is 0 Å². The Kier molecular flexibility index (Phi) is 4.29. The summed E-state index contributed by atoms with van der Waals surface area (Å²) in [6.07, 6.45) is 1.39. The van der Waals surface area contributed by atoms with Gasteiger partial charge in [-0.1, -0.05) is 0 Å². The van der Waals surface area contributed by atoms with E-state index in [-0.39, 0.29) is 11.1 Å². The highest BCUT2D eigenvalue weighted by Crippen LogP contribution is 2.42. The SMILES string of the molecule is COc1ccc(NC(=O)/C(C#N)=C2\C(=O)Nc3cc4c(cc32)OCCO4)cn1. The summed E-state index contributed by atoms with van der Waals surface area (Å²) in [6.45, 7) is 0.784. The zero-order valence-corrected chi connectivity index (χ0v) is 14.7. The number of benzene rings is 1. The van der Waals surface area contributed by atoms with Crippen LogP contribution in [0.4, 0.5) is 11.4 Å². The van der Waals surface area contributed by atoms with Gasteiger partial charge in [-0.05, 0) is 12.1 Å². The van der Waals surface area contributed by atoms with Gasteiger partial charge in [-0.25, -0.2) is 4.98 Å². The molecule has 0 unspecified atom stereocenters. The quantitative estimate of drug-likeness (QED) is 0.616. The van der Waals surface area contributed by atoms with Crippen molar-refractivity contribution in [1.82, 2.24) is 4.98 Å². The summed E-state index contributed by atoms with van der Waals surface area (Å²) in [6, 6.07) is 8.18. The number of ether oxygens (including phenoxy) is 3. The lowest BCUT2D eigenvalue weighted by Gasteiger charge is -2.19. The second-order valence-electron chi connectivity index (χ2n) is 5.90. The van der Waals surface area contributed by atoms with Gasteiger partial charge in [0.25, 0.3) is 11.8 Å². The number of nitriles is 1. The van der Waals surface area contributed by atoms with Crippen molar-refractivity contribution in [1.29, 1.82) is 5.26 Å². The van der Waals surface area contributed by atoms with Gasteiger partial charge in [-0.2, -0.15) is 5.26 Å². The third-order valence-electron chi connectivity index (χ3n) is 4.22. The minimum atomic E-state index is -0.720. The van der Waals surface area contributed by atoms with E-state index < -0.39 is 11.8 Å². The number of amides is 2. The first-order chi connectivity index (χ1) is 13.6. The smallest absolute Gasteiger partial charge is 0.267 e. The molecule has 2 aliphatic rings. The molecular weight excluding hydrogens is 364 g/mol. The fraction of sp³-hybridized carbons (Fsp3) is 0.158. The Hall–Kier alpha value is -4.06. The average molecular weight is 378 g/mol. The topological polar surface area (TPSA) is 123 Å². The summed E-state index contributed by atoms with van der Waals surface area (Å²) < 4.78 is 16.0. The van der Waals surface area contributed by atoms with Gasteiger partial charge in [0, 0.05) is 17.7 Å². The minimum absolute atomic E-state index is 0.0200. The number of anilines is 2. The van der Waals surface area contributed by atoms with Crippen molar-refractivity contribution in [2.45, 2.75) is 0 Å². The Morgan fingerprint density at radius 3 is 2.68 bits per heavy atom. The number of aromatic nitrogens is 1. The van der Waals surface area contributed by atoms with Crippen LogP contribution in [0.25, 0.3) is 5.57 Å². The molecule has 2 aliphatic heterocycles. The molecule has 0 bridgehead atoms. The monoisotopic (exact) mass is 378 g/mol. The van der Waals surface area contributed by atoms with Crippen molar-refractivity contribution in [2.24, 2.45) is 0 Å². The highest BCUT2D eigenvalue weighted by molar-refractivity contribution is 6.37. The Morgan fingerprint density at radius 2 is 2.04 bits per heavy atom. The van der Waals surface area contributed by atoms with E-state index in [1.165, 1.54) is 13.3 Å². The van der Waals surface area contributed by atoms with Gasteiger partial charge in [0.15, 0.2) is 11.5 Å². The zero-order chi connectivity index (χ0) is 19.7. The molecule has 0 spiro atoms.